The van der Waals surface area contributed by atoms with Gasteiger partial charge in [-0.25, -0.2) is 0 Å². The van der Waals surface area contributed by atoms with Gasteiger partial charge in [0.05, 0.1) is 0 Å². The molecule has 0 spiro atoms. The molecular formula is C14H18N2O3. The van der Waals surface area contributed by atoms with Crippen LogP contribution in [0.1, 0.15) is 23.7 Å². The van der Waals surface area contributed by atoms with Crippen LogP contribution in [-0.4, -0.2) is 46.2 Å². The Morgan fingerprint density at radius 1 is 1.32 bits per heavy atom. The number of likely N-dealkylation sites (tertiary alicyclic amines) is 1. The number of fused-ring (bicyclic) bond motifs is 1. The van der Waals surface area contributed by atoms with Crippen molar-refractivity contribution in [1.82, 2.24) is 10.2 Å². The van der Waals surface area contributed by atoms with Crippen LogP contribution in [0, 0.1) is 5.92 Å². The molecule has 0 aromatic heterocycles. The summed E-state index contributed by atoms with van der Waals surface area (Å²) in [4.78, 5) is 14.5. The highest BCUT2D eigenvalue weighted by Crippen LogP contribution is 2.34. The van der Waals surface area contributed by atoms with Crippen LogP contribution in [0.15, 0.2) is 18.2 Å². The smallest absolute Gasteiger partial charge is 0.254 e. The Kier molecular flexibility index (Phi) is 2.86. The molecule has 102 valence electrons. The summed E-state index contributed by atoms with van der Waals surface area (Å²) in [5, 5.41) is 22.1. The minimum atomic E-state index is -0.251. The van der Waals surface area contributed by atoms with E-state index in [1.54, 1.807) is 6.07 Å². The van der Waals surface area contributed by atoms with Gasteiger partial charge in [0.2, 0.25) is 0 Å². The lowest BCUT2D eigenvalue weighted by molar-refractivity contribution is 0.0681. The zero-order chi connectivity index (χ0) is 13.6. The highest BCUT2D eigenvalue weighted by Gasteiger charge is 2.44. The monoisotopic (exact) mass is 262 g/mol. The van der Waals surface area contributed by atoms with E-state index >= 15 is 0 Å². The van der Waals surface area contributed by atoms with E-state index < -0.39 is 0 Å². The number of carbonyl (C=O) groups excluding carboxylic acids is 1. The molecule has 1 amide bonds. The Balaban J connectivity index is 1.88. The predicted octanol–water partition coefficient (Wildman–Crippen LogP) is 0.920. The molecule has 5 nitrogen and oxygen atoms in total. The predicted molar refractivity (Wildman–Crippen MR) is 70.2 cm³/mol. The minimum Gasteiger partial charge on any atom is -0.504 e. The molecule has 2 fully saturated rings. The molecule has 1 aromatic carbocycles. The van der Waals surface area contributed by atoms with Crippen LogP contribution in [0.25, 0.3) is 0 Å². The second kappa shape index (κ2) is 4.42. The van der Waals surface area contributed by atoms with Gasteiger partial charge in [-0.05, 0) is 37.5 Å². The number of phenols is 2. The van der Waals surface area contributed by atoms with Crippen LogP contribution in [0.5, 0.6) is 11.5 Å². The summed E-state index contributed by atoms with van der Waals surface area (Å²) in [6, 6.07) is 4.71. The van der Waals surface area contributed by atoms with Gasteiger partial charge in [-0.3, -0.25) is 4.79 Å². The number of nitrogens with zero attached hydrogens (tertiary/aromatic N) is 1. The fraction of sp³-hybridized carbons (Fsp3) is 0.500. The Bertz CT molecular complexity index is 517. The van der Waals surface area contributed by atoms with Crippen molar-refractivity contribution in [2.75, 3.05) is 13.1 Å². The summed E-state index contributed by atoms with van der Waals surface area (Å²) in [6.07, 6.45) is 1.02. The highest BCUT2D eigenvalue weighted by molar-refractivity contribution is 5.95. The third-order valence-corrected chi connectivity index (χ3v) is 4.24. The third kappa shape index (κ3) is 1.94. The molecule has 0 radical (unpaired) electrons. The summed E-state index contributed by atoms with van der Waals surface area (Å²) in [6.45, 7) is 3.88. The van der Waals surface area contributed by atoms with E-state index in [1.807, 2.05) is 4.90 Å². The first-order valence-electron chi connectivity index (χ1n) is 6.63. The topological polar surface area (TPSA) is 72.8 Å². The molecule has 3 N–H and O–H groups in total. The lowest BCUT2D eigenvalue weighted by atomic mass is 10.0. The van der Waals surface area contributed by atoms with Gasteiger partial charge in [0.1, 0.15) is 0 Å². The summed E-state index contributed by atoms with van der Waals surface area (Å²) in [7, 11) is 0. The van der Waals surface area contributed by atoms with Crippen molar-refractivity contribution in [1.29, 1.82) is 0 Å². The van der Waals surface area contributed by atoms with Gasteiger partial charge >= 0.3 is 0 Å². The van der Waals surface area contributed by atoms with E-state index in [2.05, 4.69) is 12.2 Å². The summed E-state index contributed by atoms with van der Waals surface area (Å²) >= 11 is 0. The largest absolute Gasteiger partial charge is 0.504 e. The molecular weight excluding hydrogens is 244 g/mol. The third-order valence-electron chi connectivity index (χ3n) is 4.24. The molecule has 19 heavy (non-hydrogen) atoms. The van der Waals surface area contributed by atoms with Gasteiger partial charge in [0.25, 0.3) is 5.91 Å². The van der Waals surface area contributed by atoms with Gasteiger partial charge in [-0.15, -0.1) is 0 Å². The van der Waals surface area contributed by atoms with Gasteiger partial charge in [-0.1, -0.05) is 0 Å². The molecule has 3 atom stereocenters. The van der Waals surface area contributed by atoms with E-state index in [4.69, 9.17) is 0 Å². The first-order chi connectivity index (χ1) is 9.08. The number of amides is 1. The van der Waals surface area contributed by atoms with E-state index in [9.17, 15) is 15.0 Å². The van der Waals surface area contributed by atoms with E-state index in [0.717, 1.165) is 19.5 Å². The van der Waals surface area contributed by atoms with Crippen LogP contribution in [-0.2, 0) is 0 Å². The normalized spacial score (nSPS) is 29.5. The van der Waals surface area contributed by atoms with E-state index in [0.29, 0.717) is 11.5 Å². The molecule has 5 heteroatoms. The van der Waals surface area contributed by atoms with Crippen molar-refractivity contribution in [3.05, 3.63) is 23.8 Å². The number of rotatable bonds is 1. The maximum Gasteiger partial charge on any atom is 0.254 e. The van der Waals surface area contributed by atoms with E-state index in [1.165, 1.54) is 12.1 Å². The molecule has 0 bridgehead atoms. The Labute approximate surface area is 111 Å². The molecule has 2 heterocycles. The first-order valence-corrected chi connectivity index (χ1v) is 6.63. The molecule has 2 aliphatic heterocycles. The lowest BCUT2D eigenvalue weighted by Crippen LogP contribution is -2.42. The molecule has 0 saturated carbocycles. The fourth-order valence-electron chi connectivity index (χ4n) is 3.32. The second-order valence-corrected chi connectivity index (χ2v) is 5.49. The van der Waals surface area contributed by atoms with Gasteiger partial charge in [0.15, 0.2) is 11.5 Å². The highest BCUT2D eigenvalue weighted by atomic mass is 16.3. The minimum absolute atomic E-state index is 0.0704. The molecule has 0 aliphatic carbocycles. The summed E-state index contributed by atoms with van der Waals surface area (Å²) in [5.41, 5.74) is 0.426. The number of hydrogen-bond acceptors (Lipinski definition) is 4. The van der Waals surface area contributed by atoms with Gasteiger partial charge in [0, 0.05) is 30.7 Å². The number of nitrogens with one attached hydrogen (secondary N) is 1. The maximum atomic E-state index is 12.6. The average molecular weight is 262 g/mol. The zero-order valence-corrected chi connectivity index (χ0v) is 10.8. The van der Waals surface area contributed by atoms with E-state index in [-0.39, 0.29) is 29.5 Å². The fourth-order valence-corrected chi connectivity index (χ4v) is 3.32. The van der Waals surface area contributed by atoms with Crippen molar-refractivity contribution in [3.63, 3.8) is 0 Å². The van der Waals surface area contributed by atoms with Crippen LogP contribution >= 0.6 is 0 Å². The average Bonchev–Trinajstić information content (AvgIpc) is 2.91. The first kappa shape index (κ1) is 12.3. The van der Waals surface area contributed by atoms with Crippen LogP contribution < -0.4 is 5.32 Å². The molecule has 3 rings (SSSR count). The summed E-state index contributed by atoms with van der Waals surface area (Å²) < 4.78 is 0. The quantitative estimate of drug-likeness (QED) is 0.658. The van der Waals surface area contributed by atoms with Crippen molar-refractivity contribution in [2.24, 2.45) is 5.92 Å². The van der Waals surface area contributed by atoms with Crippen molar-refractivity contribution in [3.8, 4) is 11.5 Å². The number of aromatic hydroxyl groups is 2. The maximum absolute atomic E-state index is 12.6. The molecule has 3 unspecified atom stereocenters. The van der Waals surface area contributed by atoms with Crippen molar-refractivity contribution in [2.45, 2.75) is 25.4 Å². The van der Waals surface area contributed by atoms with Crippen molar-refractivity contribution >= 4 is 5.91 Å². The Hall–Kier alpha value is -1.75. The van der Waals surface area contributed by atoms with Crippen LogP contribution in [0.2, 0.25) is 0 Å². The van der Waals surface area contributed by atoms with Crippen LogP contribution in [0.4, 0.5) is 0 Å². The Morgan fingerprint density at radius 3 is 2.84 bits per heavy atom. The standard InChI is InChI=1S/C14H18N2O3/c1-8-4-10-6-15-7-11(10)16(8)14(19)9-2-3-12(17)13(18)5-9/h2-3,5,8,10-11,15,17-18H,4,6-7H2,1H3. The zero-order valence-electron chi connectivity index (χ0n) is 10.8. The number of benzene rings is 1. The number of hydrogen-bond donors (Lipinski definition) is 3. The second-order valence-electron chi connectivity index (χ2n) is 5.49. The lowest BCUT2D eigenvalue weighted by Gasteiger charge is -2.27. The molecule has 2 aliphatic rings. The molecule has 1 aromatic rings. The number of carbonyl (C=O) groups is 1. The Morgan fingerprint density at radius 2 is 2.11 bits per heavy atom. The van der Waals surface area contributed by atoms with Gasteiger partial charge < -0.3 is 20.4 Å². The van der Waals surface area contributed by atoms with Crippen LogP contribution in [0.3, 0.4) is 0 Å². The van der Waals surface area contributed by atoms with Gasteiger partial charge in [-0.2, -0.15) is 0 Å². The van der Waals surface area contributed by atoms with Crippen molar-refractivity contribution < 1.29 is 15.0 Å². The SMILES string of the molecule is CC1CC2CNCC2N1C(=O)c1ccc(O)c(O)c1. The summed E-state index contributed by atoms with van der Waals surface area (Å²) in [5.74, 6) is 0.00823. The molecule has 2 saturated heterocycles. The number of phenolic OH excluding ortho intramolecular Hbond substituents is 2.